The lowest BCUT2D eigenvalue weighted by atomic mass is 10.2. The van der Waals surface area contributed by atoms with Crippen LogP contribution < -0.4 is 10.2 Å². The molecule has 2 heterocycles. The highest BCUT2D eigenvalue weighted by atomic mass is 16.3. The van der Waals surface area contributed by atoms with Gasteiger partial charge in [-0.15, -0.1) is 0 Å². The normalized spacial score (nSPS) is 10.2. The number of furan rings is 1. The van der Waals surface area contributed by atoms with E-state index in [0.717, 1.165) is 5.82 Å². The number of hydrogen-bond donors (Lipinski definition) is 1. The van der Waals surface area contributed by atoms with Crippen LogP contribution in [0, 0.1) is 6.92 Å². The van der Waals surface area contributed by atoms with E-state index in [1.165, 1.54) is 6.26 Å². The fourth-order valence-electron chi connectivity index (χ4n) is 1.54. The molecule has 94 valence electrons. The molecule has 1 amide bonds. The fourth-order valence-corrected chi connectivity index (χ4v) is 1.54. The van der Waals surface area contributed by atoms with Crippen molar-refractivity contribution in [2.24, 2.45) is 0 Å². The summed E-state index contributed by atoms with van der Waals surface area (Å²) in [4.78, 5) is 18.0. The molecule has 0 atom stereocenters. The third kappa shape index (κ3) is 2.51. The predicted molar refractivity (Wildman–Crippen MR) is 70.0 cm³/mol. The topological polar surface area (TPSA) is 58.4 Å². The summed E-state index contributed by atoms with van der Waals surface area (Å²) in [5.74, 6) is 1.25. The van der Waals surface area contributed by atoms with Crippen molar-refractivity contribution >= 4 is 17.4 Å². The minimum Gasteiger partial charge on any atom is -0.469 e. The summed E-state index contributed by atoms with van der Waals surface area (Å²) in [5, 5.41) is 2.77. The number of carbonyl (C=O) groups excluding carboxylic acids is 1. The Kier molecular flexibility index (Phi) is 3.32. The van der Waals surface area contributed by atoms with Crippen LogP contribution in [0.25, 0.3) is 0 Å². The number of nitrogens with one attached hydrogen (secondary N) is 1. The molecule has 0 aliphatic heterocycles. The summed E-state index contributed by atoms with van der Waals surface area (Å²) in [7, 11) is 3.82. The minimum atomic E-state index is -0.194. The van der Waals surface area contributed by atoms with Crippen molar-refractivity contribution in [2.75, 3.05) is 24.3 Å². The summed E-state index contributed by atoms with van der Waals surface area (Å²) in [6.07, 6.45) is 3.13. The fraction of sp³-hybridized carbons (Fsp3) is 0.231. The average molecular weight is 245 g/mol. The van der Waals surface area contributed by atoms with Crippen molar-refractivity contribution < 1.29 is 9.21 Å². The van der Waals surface area contributed by atoms with Crippen LogP contribution in [0.4, 0.5) is 11.5 Å². The summed E-state index contributed by atoms with van der Waals surface area (Å²) in [6.45, 7) is 1.75. The van der Waals surface area contributed by atoms with E-state index in [-0.39, 0.29) is 5.91 Å². The van der Waals surface area contributed by atoms with Gasteiger partial charge in [-0.05, 0) is 25.1 Å². The zero-order valence-electron chi connectivity index (χ0n) is 10.6. The van der Waals surface area contributed by atoms with Crippen LogP contribution in [0.2, 0.25) is 0 Å². The van der Waals surface area contributed by atoms with Gasteiger partial charge >= 0.3 is 0 Å². The number of hydrogen-bond acceptors (Lipinski definition) is 4. The molecule has 0 spiro atoms. The van der Waals surface area contributed by atoms with E-state index in [0.29, 0.717) is 17.0 Å². The molecule has 2 rings (SSSR count). The van der Waals surface area contributed by atoms with Gasteiger partial charge in [-0.25, -0.2) is 4.98 Å². The SMILES string of the molecule is Cc1occc1C(=O)Nc1ccc(N(C)C)nc1. The van der Waals surface area contributed by atoms with Gasteiger partial charge in [-0.1, -0.05) is 0 Å². The maximum Gasteiger partial charge on any atom is 0.259 e. The molecule has 0 saturated heterocycles. The molecule has 0 saturated carbocycles. The van der Waals surface area contributed by atoms with Gasteiger partial charge in [-0.3, -0.25) is 4.79 Å². The number of carbonyl (C=O) groups is 1. The predicted octanol–water partition coefficient (Wildman–Crippen LogP) is 2.30. The van der Waals surface area contributed by atoms with Crippen molar-refractivity contribution in [3.8, 4) is 0 Å². The Labute approximate surface area is 105 Å². The zero-order chi connectivity index (χ0) is 13.1. The Morgan fingerprint density at radius 3 is 2.61 bits per heavy atom. The second-order valence-electron chi connectivity index (χ2n) is 4.14. The third-order valence-electron chi connectivity index (χ3n) is 2.57. The van der Waals surface area contributed by atoms with E-state index < -0.39 is 0 Å². The van der Waals surface area contributed by atoms with Crippen LogP contribution in [-0.4, -0.2) is 25.0 Å². The molecule has 0 radical (unpaired) electrons. The van der Waals surface area contributed by atoms with Gasteiger partial charge in [0.2, 0.25) is 0 Å². The summed E-state index contributed by atoms with van der Waals surface area (Å²) >= 11 is 0. The molecule has 0 unspecified atom stereocenters. The molecule has 18 heavy (non-hydrogen) atoms. The van der Waals surface area contributed by atoms with Crippen LogP contribution >= 0.6 is 0 Å². The summed E-state index contributed by atoms with van der Waals surface area (Å²) < 4.78 is 5.09. The van der Waals surface area contributed by atoms with Crippen LogP contribution in [0.1, 0.15) is 16.1 Å². The molecule has 5 heteroatoms. The third-order valence-corrected chi connectivity index (χ3v) is 2.57. The monoisotopic (exact) mass is 245 g/mol. The Bertz CT molecular complexity index is 544. The van der Waals surface area contributed by atoms with Gasteiger partial charge in [-0.2, -0.15) is 0 Å². The lowest BCUT2D eigenvalue weighted by Crippen LogP contribution is -2.13. The van der Waals surface area contributed by atoms with Gasteiger partial charge in [0.15, 0.2) is 0 Å². The second kappa shape index (κ2) is 4.91. The van der Waals surface area contributed by atoms with Crippen molar-refractivity contribution in [1.29, 1.82) is 0 Å². The first kappa shape index (κ1) is 12.2. The average Bonchev–Trinajstić information content (AvgIpc) is 2.76. The first-order valence-corrected chi connectivity index (χ1v) is 5.57. The molecular formula is C13H15N3O2. The molecule has 0 aliphatic rings. The molecule has 0 bridgehead atoms. The number of nitrogens with zero attached hydrogens (tertiary/aromatic N) is 2. The smallest absolute Gasteiger partial charge is 0.259 e. The van der Waals surface area contributed by atoms with Gasteiger partial charge in [0.1, 0.15) is 11.6 Å². The highest BCUT2D eigenvalue weighted by Gasteiger charge is 2.11. The molecule has 2 aromatic rings. The minimum absolute atomic E-state index is 0.194. The lowest BCUT2D eigenvalue weighted by Gasteiger charge is -2.11. The first-order valence-electron chi connectivity index (χ1n) is 5.57. The van der Waals surface area contributed by atoms with Gasteiger partial charge in [0.05, 0.1) is 23.7 Å². The Morgan fingerprint density at radius 2 is 2.11 bits per heavy atom. The highest BCUT2D eigenvalue weighted by Crippen LogP contribution is 2.14. The quantitative estimate of drug-likeness (QED) is 0.901. The molecule has 0 aliphatic carbocycles. The summed E-state index contributed by atoms with van der Waals surface area (Å²) in [6, 6.07) is 5.31. The maximum absolute atomic E-state index is 11.9. The Hall–Kier alpha value is -2.30. The van der Waals surface area contributed by atoms with Crippen LogP contribution in [0.15, 0.2) is 35.1 Å². The number of aromatic nitrogens is 1. The molecule has 5 nitrogen and oxygen atoms in total. The van der Waals surface area contributed by atoms with E-state index in [1.54, 1.807) is 19.2 Å². The van der Waals surface area contributed by atoms with E-state index in [2.05, 4.69) is 10.3 Å². The molecular weight excluding hydrogens is 230 g/mol. The molecule has 2 aromatic heterocycles. The van der Waals surface area contributed by atoms with Crippen LogP contribution in [0.5, 0.6) is 0 Å². The largest absolute Gasteiger partial charge is 0.469 e. The number of aryl methyl sites for hydroxylation is 1. The first-order chi connectivity index (χ1) is 8.58. The molecule has 1 N–H and O–H groups in total. The second-order valence-corrected chi connectivity index (χ2v) is 4.14. The van der Waals surface area contributed by atoms with E-state index in [4.69, 9.17) is 4.42 Å². The highest BCUT2D eigenvalue weighted by molar-refractivity contribution is 6.04. The van der Waals surface area contributed by atoms with E-state index >= 15 is 0 Å². The van der Waals surface area contributed by atoms with Crippen molar-refractivity contribution in [3.05, 3.63) is 42.0 Å². The number of pyridine rings is 1. The van der Waals surface area contributed by atoms with Gasteiger partial charge < -0.3 is 14.6 Å². The van der Waals surface area contributed by atoms with Crippen molar-refractivity contribution in [1.82, 2.24) is 4.98 Å². The van der Waals surface area contributed by atoms with Crippen LogP contribution in [-0.2, 0) is 0 Å². The Balaban J connectivity index is 2.10. The standard InChI is InChI=1S/C13H15N3O2/c1-9-11(6-7-18-9)13(17)15-10-4-5-12(14-8-10)16(2)3/h4-8H,1-3H3,(H,15,17). The summed E-state index contributed by atoms with van der Waals surface area (Å²) in [5.41, 5.74) is 1.19. The van der Waals surface area contributed by atoms with Crippen molar-refractivity contribution in [3.63, 3.8) is 0 Å². The van der Waals surface area contributed by atoms with E-state index in [1.807, 2.05) is 31.1 Å². The Morgan fingerprint density at radius 1 is 1.33 bits per heavy atom. The van der Waals surface area contributed by atoms with Crippen molar-refractivity contribution in [2.45, 2.75) is 6.92 Å². The van der Waals surface area contributed by atoms with Gasteiger partial charge in [0.25, 0.3) is 5.91 Å². The molecule has 0 aromatic carbocycles. The van der Waals surface area contributed by atoms with Gasteiger partial charge in [0, 0.05) is 14.1 Å². The number of rotatable bonds is 3. The van der Waals surface area contributed by atoms with E-state index in [9.17, 15) is 4.79 Å². The maximum atomic E-state index is 11.9. The van der Waals surface area contributed by atoms with Crippen LogP contribution in [0.3, 0.4) is 0 Å². The lowest BCUT2D eigenvalue weighted by molar-refractivity contribution is 0.102. The molecule has 0 fully saturated rings. The number of amides is 1. The number of anilines is 2. The zero-order valence-corrected chi connectivity index (χ0v) is 10.6.